The van der Waals surface area contributed by atoms with Crippen molar-refractivity contribution in [2.45, 2.75) is 12.8 Å². The van der Waals surface area contributed by atoms with E-state index >= 15 is 0 Å². The summed E-state index contributed by atoms with van der Waals surface area (Å²) in [6, 6.07) is 7.31. The maximum atomic E-state index is 12.3. The lowest BCUT2D eigenvalue weighted by Crippen LogP contribution is -2.29. The van der Waals surface area contributed by atoms with Gasteiger partial charge in [0, 0.05) is 31.1 Å². The van der Waals surface area contributed by atoms with E-state index in [0.29, 0.717) is 12.0 Å². The van der Waals surface area contributed by atoms with Gasteiger partial charge in [0.2, 0.25) is 0 Å². The van der Waals surface area contributed by atoms with E-state index in [1.54, 1.807) is 11.0 Å². The van der Waals surface area contributed by atoms with Crippen molar-refractivity contribution in [3.05, 3.63) is 35.4 Å². The van der Waals surface area contributed by atoms with E-state index in [9.17, 15) is 4.79 Å². The number of hydrogen-bond acceptors (Lipinski definition) is 3. The Balaban J connectivity index is 2.65. The van der Waals surface area contributed by atoms with E-state index in [0.717, 1.165) is 25.1 Å². The van der Waals surface area contributed by atoms with Crippen molar-refractivity contribution in [3.8, 4) is 11.8 Å². The largest absolute Gasteiger partial charge is 0.395 e. The fraction of sp³-hybridized carbons (Fsp3) is 0.471. The van der Waals surface area contributed by atoms with Gasteiger partial charge in [0.1, 0.15) is 0 Å². The molecule has 0 fully saturated rings. The zero-order chi connectivity index (χ0) is 15.7. The molecule has 0 bridgehead atoms. The number of benzene rings is 1. The van der Waals surface area contributed by atoms with Crippen molar-refractivity contribution in [3.63, 3.8) is 0 Å². The van der Waals surface area contributed by atoms with Crippen molar-refractivity contribution in [1.29, 1.82) is 0 Å². The fourth-order valence-electron chi connectivity index (χ4n) is 1.90. The zero-order valence-electron chi connectivity index (χ0n) is 13.1. The van der Waals surface area contributed by atoms with Crippen molar-refractivity contribution < 1.29 is 9.90 Å². The highest BCUT2D eigenvalue weighted by Gasteiger charge is 2.11. The molecule has 1 amide bonds. The third-order valence-corrected chi connectivity index (χ3v) is 3.02. The van der Waals surface area contributed by atoms with Crippen LogP contribution in [0.1, 0.15) is 28.8 Å². The van der Waals surface area contributed by atoms with Crippen molar-refractivity contribution in [2.75, 3.05) is 40.8 Å². The Labute approximate surface area is 127 Å². The smallest absolute Gasteiger partial charge is 0.253 e. The van der Waals surface area contributed by atoms with Crippen LogP contribution in [0.15, 0.2) is 24.3 Å². The number of nitrogens with zero attached hydrogens (tertiary/aromatic N) is 2. The first-order chi connectivity index (χ1) is 10.0. The lowest BCUT2D eigenvalue weighted by molar-refractivity contribution is 0.0790. The standard InChI is InChI=1S/C17H24N2O2/c1-18(2)11-7-12-19(3)17(21)16-10-6-9-15(14-16)8-4-5-13-20/h6,9-10,14,20H,5,7,11-13H2,1-3H3. The molecule has 0 unspecified atom stereocenters. The molecular formula is C17H24N2O2. The Morgan fingerprint density at radius 2 is 2.00 bits per heavy atom. The first-order valence-electron chi connectivity index (χ1n) is 7.14. The molecule has 21 heavy (non-hydrogen) atoms. The van der Waals surface area contributed by atoms with Crippen LogP contribution in [0.25, 0.3) is 0 Å². The lowest BCUT2D eigenvalue weighted by atomic mass is 10.1. The normalized spacial score (nSPS) is 10.1. The minimum absolute atomic E-state index is 0.0135. The van der Waals surface area contributed by atoms with Gasteiger partial charge in [-0.2, -0.15) is 0 Å². The van der Waals surface area contributed by atoms with Gasteiger partial charge in [-0.25, -0.2) is 0 Å². The maximum absolute atomic E-state index is 12.3. The molecule has 0 radical (unpaired) electrons. The molecule has 0 atom stereocenters. The Kier molecular flexibility index (Phi) is 7.52. The second-order valence-corrected chi connectivity index (χ2v) is 5.24. The van der Waals surface area contributed by atoms with Crippen LogP contribution < -0.4 is 0 Å². The number of amides is 1. The molecule has 0 aliphatic heterocycles. The van der Waals surface area contributed by atoms with Crippen LogP contribution in [-0.4, -0.2) is 61.7 Å². The summed E-state index contributed by atoms with van der Waals surface area (Å²) in [4.78, 5) is 16.2. The molecule has 1 aromatic carbocycles. The molecule has 0 aliphatic carbocycles. The van der Waals surface area contributed by atoms with Crippen molar-refractivity contribution in [2.24, 2.45) is 0 Å². The molecule has 4 nitrogen and oxygen atoms in total. The van der Waals surface area contributed by atoms with Gasteiger partial charge in [0.15, 0.2) is 0 Å². The summed E-state index contributed by atoms with van der Waals surface area (Å²) in [6.07, 6.45) is 1.40. The Hall–Kier alpha value is -1.83. The predicted molar refractivity (Wildman–Crippen MR) is 85.2 cm³/mol. The van der Waals surface area contributed by atoms with E-state index in [4.69, 9.17) is 5.11 Å². The average Bonchev–Trinajstić information content (AvgIpc) is 2.46. The molecule has 0 heterocycles. The summed E-state index contributed by atoms with van der Waals surface area (Å²) in [5.74, 6) is 5.83. The molecule has 0 saturated carbocycles. The second-order valence-electron chi connectivity index (χ2n) is 5.24. The van der Waals surface area contributed by atoms with Gasteiger partial charge in [0.05, 0.1) is 6.61 Å². The molecular weight excluding hydrogens is 264 g/mol. The predicted octanol–water partition coefficient (Wildman–Crippen LogP) is 1.44. The van der Waals surface area contributed by atoms with E-state index < -0.39 is 0 Å². The van der Waals surface area contributed by atoms with E-state index in [2.05, 4.69) is 16.7 Å². The van der Waals surface area contributed by atoms with E-state index in [1.807, 2.05) is 39.3 Å². The van der Waals surface area contributed by atoms with Crippen LogP contribution in [0.4, 0.5) is 0 Å². The van der Waals surface area contributed by atoms with Gasteiger partial charge in [0.25, 0.3) is 5.91 Å². The van der Waals surface area contributed by atoms with Crippen LogP contribution in [0.2, 0.25) is 0 Å². The van der Waals surface area contributed by atoms with Crippen LogP contribution >= 0.6 is 0 Å². The molecule has 114 valence electrons. The first kappa shape index (κ1) is 17.2. The van der Waals surface area contributed by atoms with E-state index in [-0.39, 0.29) is 12.5 Å². The van der Waals surface area contributed by atoms with Crippen LogP contribution in [0.5, 0.6) is 0 Å². The summed E-state index contributed by atoms with van der Waals surface area (Å²) in [5, 5.41) is 8.71. The SMILES string of the molecule is CN(C)CCCN(C)C(=O)c1cccc(C#CCCO)c1. The zero-order valence-corrected chi connectivity index (χ0v) is 13.1. The van der Waals surface area contributed by atoms with Crippen LogP contribution in [-0.2, 0) is 0 Å². The quantitative estimate of drug-likeness (QED) is 0.806. The summed E-state index contributed by atoms with van der Waals surface area (Å²) in [5.41, 5.74) is 1.45. The highest BCUT2D eigenvalue weighted by atomic mass is 16.2. The van der Waals surface area contributed by atoms with Gasteiger partial charge in [-0.05, 0) is 45.3 Å². The minimum atomic E-state index is 0.0135. The Morgan fingerprint density at radius 3 is 2.67 bits per heavy atom. The molecule has 0 aliphatic rings. The molecule has 0 aromatic heterocycles. The van der Waals surface area contributed by atoms with Gasteiger partial charge >= 0.3 is 0 Å². The van der Waals surface area contributed by atoms with Gasteiger partial charge < -0.3 is 14.9 Å². The number of hydrogen-bond donors (Lipinski definition) is 1. The van der Waals surface area contributed by atoms with Crippen LogP contribution in [0.3, 0.4) is 0 Å². The summed E-state index contributed by atoms with van der Waals surface area (Å²) in [7, 11) is 5.87. The van der Waals surface area contributed by atoms with Crippen molar-refractivity contribution in [1.82, 2.24) is 9.80 Å². The molecule has 1 aromatic rings. The minimum Gasteiger partial charge on any atom is -0.395 e. The number of carbonyl (C=O) groups excluding carboxylic acids is 1. The lowest BCUT2D eigenvalue weighted by Gasteiger charge is -2.18. The van der Waals surface area contributed by atoms with Gasteiger partial charge in [-0.3, -0.25) is 4.79 Å². The monoisotopic (exact) mass is 288 g/mol. The highest BCUT2D eigenvalue weighted by molar-refractivity contribution is 5.94. The summed E-state index contributed by atoms with van der Waals surface area (Å²) < 4.78 is 0. The number of carbonyl (C=O) groups is 1. The number of aliphatic hydroxyl groups is 1. The Bertz CT molecular complexity index is 515. The number of rotatable bonds is 6. The highest BCUT2D eigenvalue weighted by Crippen LogP contribution is 2.07. The van der Waals surface area contributed by atoms with Gasteiger partial charge in [-0.15, -0.1) is 0 Å². The fourth-order valence-corrected chi connectivity index (χ4v) is 1.90. The molecule has 4 heteroatoms. The molecule has 0 spiro atoms. The second kappa shape index (κ2) is 9.17. The molecule has 1 N–H and O–H groups in total. The number of aliphatic hydroxyl groups excluding tert-OH is 1. The molecule has 1 rings (SSSR count). The van der Waals surface area contributed by atoms with E-state index in [1.165, 1.54) is 0 Å². The summed E-state index contributed by atoms with van der Waals surface area (Å²) in [6.45, 7) is 1.75. The summed E-state index contributed by atoms with van der Waals surface area (Å²) >= 11 is 0. The van der Waals surface area contributed by atoms with Gasteiger partial charge in [-0.1, -0.05) is 17.9 Å². The Morgan fingerprint density at radius 1 is 1.24 bits per heavy atom. The maximum Gasteiger partial charge on any atom is 0.253 e. The topological polar surface area (TPSA) is 43.8 Å². The average molecular weight is 288 g/mol. The van der Waals surface area contributed by atoms with Crippen molar-refractivity contribution >= 4 is 5.91 Å². The third kappa shape index (κ3) is 6.44. The molecule has 0 saturated heterocycles. The van der Waals surface area contributed by atoms with Crippen LogP contribution in [0, 0.1) is 11.8 Å². The third-order valence-electron chi connectivity index (χ3n) is 3.02. The first-order valence-corrected chi connectivity index (χ1v) is 7.14.